The number of carbonyl (C=O) groups excluding carboxylic acids is 1. The van der Waals surface area contributed by atoms with Crippen molar-refractivity contribution in [2.24, 2.45) is 5.92 Å². The van der Waals surface area contributed by atoms with E-state index in [-0.39, 0.29) is 11.6 Å². The van der Waals surface area contributed by atoms with Crippen molar-refractivity contribution < 1.29 is 14.5 Å². The Kier molecular flexibility index (Phi) is 5.08. The summed E-state index contributed by atoms with van der Waals surface area (Å²) < 4.78 is 6.96. The van der Waals surface area contributed by atoms with E-state index in [0.29, 0.717) is 36.7 Å². The molecule has 1 aliphatic heterocycles. The molecule has 2 heterocycles. The van der Waals surface area contributed by atoms with E-state index in [4.69, 9.17) is 4.74 Å². The van der Waals surface area contributed by atoms with Crippen molar-refractivity contribution in [2.45, 2.75) is 19.8 Å². The van der Waals surface area contributed by atoms with Crippen LogP contribution < -0.4 is 5.32 Å². The van der Waals surface area contributed by atoms with Gasteiger partial charge in [0.2, 0.25) is 0 Å². The first-order valence-corrected chi connectivity index (χ1v) is 8.27. The Hall–Kier alpha value is -2.74. The number of nitrogens with one attached hydrogen (secondary N) is 1. The third-order valence-corrected chi connectivity index (χ3v) is 4.33. The molecule has 8 nitrogen and oxygen atoms in total. The summed E-state index contributed by atoms with van der Waals surface area (Å²) in [7, 11) is 0. The van der Waals surface area contributed by atoms with Crippen molar-refractivity contribution in [1.82, 2.24) is 15.1 Å². The second-order valence-electron chi connectivity index (χ2n) is 5.98. The third kappa shape index (κ3) is 3.69. The molecule has 1 saturated heterocycles. The summed E-state index contributed by atoms with van der Waals surface area (Å²) in [5.74, 6) is 0.204. The smallest absolute Gasteiger partial charge is 0.269 e. The van der Waals surface area contributed by atoms with Crippen molar-refractivity contribution in [3.05, 3.63) is 51.8 Å². The van der Waals surface area contributed by atoms with Crippen LogP contribution in [0.25, 0.3) is 5.69 Å². The number of hydrogen-bond acceptors (Lipinski definition) is 5. The maximum Gasteiger partial charge on any atom is 0.269 e. The second-order valence-corrected chi connectivity index (χ2v) is 5.98. The monoisotopic (exact) mass is 344 g/mol. The maximum atomic E-state index is 12.5. The molecule has 1 unspecified atom stereocenters. The molecular formula is C17H20N4O4. The Balaban J connectivity index is 1.77. The number of aromatic nitrogens is 2. The lowest BCUT2D eigenvalue weighted by atomic mass is 10.1. The van der Waals surface area contributed by atoms with Gasteiger partial charge in [0.15, 0.2) is 0 Å². The van der Waals surface area contributed by atoms with Gasteiger partial charge in [-0.05, 0) is 25.0 Å². The molecule has 132 valence electrons. The van der Waals surface area contributed by atoms with Gasteiger partial charge in [0.05, 0.1) is 34.7 Å². The van der Waals surface area contributed by atoms with Gasteiger partial charge in [0.25, 0.3) is 11.6 Å². The largest absolute Gasteiger partial charge is 0.381 e. The fourth-order valence-electron chi connectivity index (χ4n) is 2.92. The van der Waals surface area contributed by atoms with Crippen molar-refractivity contribution in [3.8, 4) is 5.69 Å². The van der Waals surface area contributed by atoms with Crippen LogP contribution in [-0.4, -0.2) is 40.4 Å². The quantitative estimate of drug-likeness (QED) is 0.639. The molecule has 1 atom stereocenters. The normalized spacial score (nSPS) is 16.8. The van der Waals surface area contributed by atoms with Gasteiger partial charge in [-0.3, -0.25) is 14.9 Å². The second kappa shape index (κ2) is 7.43. The Morgan fingerprint density at radius 1 is 1.44 bits per heavy atom. The van der Waals surface area contributed by atoms with E-state index in [1.54, 1.807) is 23.0 Å². The van der Waals surface area contributed by atoms with Crippen molar-refractivity contribution in [2.75, 3.05) is 19.8 Å². The number of benzene rings is 1. The summed E-state index contributed by atoms with van der Waals surface area (Å²) in [5.41, 5.74) is 2.00. The van der Waals surface area contributed by atoms with Crippen LogP contribution in [0.15, 0.2) is 30.5 Å². The predicted octanol–water partition coefficient (Wildman–Crippen LogP) is 2.11. The summed E-state index contributed by atoms with van der Waals surface area (Å²) in [6.45, 7) is 3.97. The van der Waals surface area contributed by atoms with Crippen LogP contribution in [0.3, 0.4) is 0 Å². The minimum absolute atomic E-state index is 0.0192. The molecule has 0 aliphatic carbocycles. The molecule has 1 aromatic heterocycles. The van der Waals surface area contributed by atoms with Crippen LogP contribution in [0.5, 0.6) is 0 Å². The van der Waals surface area contributed by atoms with E-state index in [1.807, 2.05) is 6.92 Å². The molecule has 1 N–H and O–H groups in total. The molecule has 1 amide bonds. The number of nitrogens with zero attached hydrogens (tertiary/aromatic N) is 3. The molecule has 1 aliphatic rings. The molecule has 0 bridgehead atoms. The zero-order chi connectivity index (χ0) is 17.8. The Bertz CT molecular complexity index is 763. The molecule has 0 saturated carbocycles. The molecule has 8 heteroatoms. The molecule has 2 aromatic rings. The summed E-state index contributed by atoms with van der Waals surface area (Å²) in [4.78, 5) is 22.8. The first-order valence-electron chi connectivity index (χ1n) is 8.27. The molecule has 3 rings (SSSR count). The zero-order valence-electron chi connectivity index (χ0n) is 14.0. The van der Waals surface area contributed by atoms with Crippen molar-refractivity contribution >= 4 is 11.6 Å². The van der Waals surface area contributed by atoms with Crippen LogP contribution >= 0.6 is 0 Å². The summed E-state index contributed by atoms with van der Waals surface area (Å²) >= 11 is 0. The Labute approximate surface area is 144 Å². The van der Waals surface area contributed by atoms with E-state index in [9.17, 15) is 14.9 Å². The number of rotatable bonds is 6. The van der Waals surface area contributed by atoms with Crippen molar-refractivity contribution in [3.63, 3.8) is 0 Å². The van der Waals surface area contributed by atoms with Gasteiger partial charge >= 0.3 is 0 Å². The van der Waals surface area contributed by atoms with Gasteiger partial charge in [-0.1, -0.05) is 6.92 Å². The highest BCUT2D eigenvalue weighted by molar-refractivity contribution is 5.95. The number of carbonyl (C=O) groups is 1. The van der Waals surface area contributed by atoms with Gasteiger partial charge < -0.3 is 10.1 Å². The summed E-state index contributed by atoms with van der Waals surface area (Å²) in [6, 6.07) is 6.11. The van der Waals surface area contributed by atoms with Gasteiger partial charge in [-0.15, -0.1) is 0 Å². The van der Waals surface area contributed by atoms with Gasteiger partial charge in [-0.2, -0.15) is 5.10 Å². The number of nitro benzene ring substituents is 1. The lowest BCUT2D eigenvalue weighted by Crippen LogP contribution is -2.30. The Morgan fingerprint density at radius 2 is 2.20 bits per heavy atom. The lowest BCUT2D eigenvalue weighted by molar-refractivity contribution is -0.384. The first kappa shape index (κ1) is 17.1. The fourth-order valence-corrected chi connectivity index (χ4v) is 2.92. The highest BCUT2D eigenvalue weighted by Gasteiger charge is 2.20. The van der Waals surface area contributed by atoms with Gasteiger partial charge in [0.1, 0.15) is 0 Å². The molecule has 25 heavy (non-hydrogen) atoms. The third-order valence-electron chi connectivity index (χ3n) is 4.33. The Morgan fingerprint density at radius 3 is 2.80 bits per heavy atom. The number of non-ortho nitro benzene ring substituents is 1. The average molecular weight is 344 g/mol. The standard InChI is InChI=1S/C17H20N4O4/c1-2-16-15(17(22)18-9-12-7-8-25-11-12)10-19-20(16)13-3-5-14(6-4-13)21(23)24/h3-6,10,12H,2,7-9,11H2,1H3,(H,18,22). The molecule has 1 fully saturated rings. The van der Waals surface area contributed by atoms with Crippen LogP contribution in [0.4, 0.5) is 5.69 Å². The number of nitro groups is 1. The van der Waals surface area contributed by atoms with Crippen LogP contribution in [0.1, 0.15) is 29.4 Å². The van der Waals surface area contributed by atoms with E-state index < -0.39 is 4.92 Å². The number of ether oxygens (including phenoxy) is 1. The summed E-state index contributed by atoms with van der Waals surface area (Å²) in [5, 5.41) is 18.0. The van der Waals surface area contributed by atoms with Crippen molar-refractivity contribution in [1.29, 1.82) is 0 Å². The van der Waals surface area contributed by atoms with Crippen LogP contribution in [-0.2, 0) is 11.2 Å². The van der Waals surface area contributed by atoms with E-state index in [0.717, 1.165) is 18.7 Å². The van der Waals surface area contributed by atoms with Gasteiger partial charge in [0, 0.05) is 31.2 Å². The lowest BCUT2D eigenvalue weighted by Gasteiger charge is -2.10. The zero-order valence-corrected chi connectivity index (χ0v) is 14.0. The molecule has 1 aromatic carbocycles. The molecular weight excluding hydrogens is 324 g/mol. The van der Waals surface area contributed by atoms with Crippen LogP contribution in [0.2, 0.25) is 0 Å². The van der Waals surface area contributed by atoms with E-state index in [1.165, 1.54) is 12.1 Å². The maximum absolute atomic E-state index is 12.5. The molecule has 0 radical (unpaired) electrons. The topological polar surface area (TPSA) is 99.3 Å². The van der Waals surface area contributed by atoms with E-state index in [2.05, 4.69) is 10.4 Å². The SMILES string of the molecule is CCc1c(C(=O)NCC2CCOC2)cnn1-c1ccc([N+](=O)[O-])cc1. The number of amides is 1. The minimum atomic E-state index is -0.445. The summed E-state index contributed by atoms with van der Waals surface area (Å²) in [6.07, 6.45) is 3.12. The highest BCUT2D eigenvalue weighted by atomic mass is 16.6. The fraction of sp³-hybridized carbons (Fsp3) is 0.412. The van der Waals surface area contributed by atoms with Gasteiger partial charge in [-0.25, -0.2) is 4.68 Å². The highest BCUT2D eigenvalue weighted by Crippen LogP contribution is 2.19. The predicted molar refractivity (Wildman–Crippen MR) is 90.9 cm³/mol. The first-order chi connectivity index (χ1) is 12.1. The average Bonchev–Trinajstić information content (AvgIpc) is 3.29. The number of hydrogen-bond donors (Lipinski definition) is 1. The van der Waals surface area contributed by atoms with E-state index >= 15 is 0 Å². The minimum Gasteiger partial charge on any atom is -0.381 e. The molecule has 0 spiro atoms. The van der Waals surface area contributed by atoms with Crippen LogP contribution in [0, 0.1) is 16.0 Å².